The zero-order valence-electron chi connectivity index (χ0n) is 9.46. The molecule has 17 heavy (non-hydrogen) atoms. The number of aromatic nitrogens is 1. The van der Waals surface area contributed by atoms with Crippen molar-refractivity contribution in [2.45, 2.75) is 18.7 Å². The fourth-order valence-corrected chi connectivity index (χ4v) is 2.15. The van der Waals surface area contributed by atoms with Gasteiger partial charge in [0.05, 0.1) is 18.0 Å². The van der Waals surface area contributed by atoms with E-state index in [-0.39, 0.29) is 24.7 Å². The van der Waals surface area contributed by atoms with Gasteiger partial charge in [-0.05, 0) is 0 Å². The van der Waals surface area contributed by atoms with Gasteiger partial charge in [-0.3, -0.25) is 9.59 Å². The predicted octanol–water partition coefficient (Wildman–Crippen LogP) is 0.677. The fourth-order valence-electron chi connectivity index (χ4n) is 1.13. The van der Waals surface area contributed by atoms with Crippen LogP contribution in [-0.2, 0) is 21.9 Å². The highest BCUT2D eigenvalue weighted by Crippen LogP contribution is 2.11. The number of thiazole rings is 1. The van der Waals surface area contributed by atoms with Crippen molar-refractivity contribution in [3.63, 3.8) is 0 Å². The van der Waals surface area contributed by atoms with Crippen molar-refractivity contribution >= 4 is 34.8 Å². The van der Waals surface area contributed by atoms with Crippen molar-refractivity contribution in [2.75, 3.05) is 13.6 Å². The van der Waals surface area contributed by atoms with Gasteiger partial charge in [0.1, 0.15) is 5.01 Å². The molecule has 0 saturated heterocycles. The third kappa shape index (κ3) is 5.14. The highest BCUT2D eigenvalue weighted by Gasteiger charge is 2.07. The molecular weight excluding hydrogens is 262 g/mol. The summed E-state index contributed by atoms with van der Waals surface area (Å²) in [7, 11) is 1.56. The minimum atomic E-state index is -0.135. The second kappa shape index (κ2) is 7.24. The average Bonchev–Trinajstić information content (AvgIpc) is 2.76. The molecule has 0 aliphatic heterocycles. The molecule has 0 aliphatic carbocycles. The minimum absolute atomic E-state index is 0.0935. The molecule has 0 aromatic carbocycles. The SMILES string of the molecule is CNC(=O)CCNC(=O)Cc1nc(CCl)cs1. The molecule has 1 heterocycles. The second-order valence-corrected chi connectivity index (χ2v) is 4.53. The van der Waals surface area contributed by atoms with E-state index in [0.29, 0.717) is 12.4 Å². The van der Waals surface area contributed by atoms with E-state index in [1.807, 2.05) is 5.38 Å². The molecule has 0 fully saturated rings. The van der Waals surface area contributed by atoms with Crippen molar-refractivity contribution in [1.82, 2.24) is 15.6 Å². The lowest BCUT2D eigenvalue weighted by Gasteiger charge is -2.02. The molecule has 94 valence electrons. The van der Waals surface area contributed by atoms with Crippen molar-refractivity contribution in [3.05, 3.63) is 16.1 Å². The van der Waals surface area contributed by atoms with Gasteiger partial charge in [0, 0.05) is 25.4 Å². The van der Waals surface area contributed by atoms with E-state index >= 15 is 0 Å². The number of carbonyl (C=O) groups excluding carboxylic acids is 2. The Morgan fingerprint density at radius 1 is 1.47 bits per heavy atom. The van der Waals surface area contributed by atoms with Gasteiger partial charge >= 0.3 is 0 Å². The standard InChI is InChI=1S/C10H14ClN3O2S/c1-12-8(15)2-3-13-9(16)4-10-14-7(5-11)6-17-10/h6H,2-5H2,1H3,(H,12,15)(H,13,16). The van der Waals surface area contributed by atoms with Gasteiger partial charge in [-0.2, -0.15) is 0 Å². The molecule has 1 rings (SSSR count). The van der Waals surface area contributed by atoms with E-state index in [2.05, 4.69) is 15.6 Å². The van der Waals surface area contributed by atoms with E-state index in [9.17, 15) is 9.59 Å². The maximum atomic E-state index is 11.5. The number of carbonyl (C=O) groups is 2. The molecule has 0 radical (unpaired) electrons. The van der Waals surface area contributed by atoms with E-state index in [1.54, 1.807) is 7.05 Å². The molecule has 0 atom stereocenters. The highest BCUT2D eigenvalue weighted by molar-refractivity contribution is 7.09. The Balaban J connectivity index is 2.27. The summed E-state index contributed by atoms with van der Waals surface area (Å²) in [6.45, 7) is 0.340. The first-order valence-corrected chi connectivity index (χ1v) is 6.53. The molecule has 0 bridgehead atoms. The first kappa shape index (κ1) is 13.9. The zero-order valence-corrected chi connectivity index (χ0v) is 11.0. The summed E-state index contributed by atoms with van der Waals surface area (Å²) in [5.74, 6) is 0.128. The Kier molecular flexibility index (Phi) is 5.93. The Morgan fingerprint density at radius 3 is 2.82 bits per heavy atom. The van der Waals surface area contributed by atoms with Crippen LogP contribution in [0, 0.1) is 0 Å². The molecule has 2 amide bonds. The number of halogens is 1. The van der Waals surface area contributed by atoms with Crippen molar-refractivity contribution < 1.29 is 9.59 Å². The summed E-state index contributed by atoms with van der Waals surface area (Å²) in [4.78, 5) is 26.6. The van der Waals surface area contributed by atoms with Crippen molar-refractivity contribution in [1.29, 1.82) is 0 Å². The van der Waals surface area contributed by atoms with Crippen LogP contribution in [-0.4, -0.2) is 30.4 Å². The van der Waals surface area contributed by atoms with Crippen molar-refractivity contribution in [2.24, 2.45) is 0 Å². The van der Waals surface area contributed by atoms with Gasteiger partial charge in [0.25, 0.3) is 0 Å². The van der Waals surface area contributed by atoms with Crippen LogP contribution >= 0.6 is 22.9 Å². The fraction of sp³-hybridized carbons (Fsp3) is 0.500. The topological polar surface area (TPSA) is 71.1 Å². The molecule has 0 spiro atoms. The Hall–Kier alpha value is -1.14. The first-order valence-electron chi connectivity index (χ1n) is 5.12. The lowest BCUT2D eigenvalue weighted by atomic mass is 10.3. The normalized spacial score (nSPS) is 10.0. The number of nitrogens with one attached hydrogen (secondary N) is 2. The lowest BCUT2D eigenvalue weighted by molar-refractivity contribution is -0.121. The number of amides is 2. The van der Waals surface area contributed by atoms with Crippen LogP contribution < -0.4 is 10.6 Å². The monoisotopic (exact) mass is 275 g/mol. The smallest absolute Gasteiger partial charge is 0.226 e. The van der Waals surface area contributed by atoms with Crippen molar-refractivity contribution in [3.8, 4) is 0 Å². The van der Waals surface area contributed by atoms with Crippen LogP contribution in [0.4, 0.5) is 0 Å². The largest absolute Gasteiger partial charge is 0.359 e. The third-order valence-corrected chi connectivity index (χ3v) is 3.17. The van der Waals surface area contributed by atoms with E-state index in [4.69, 9.17) is 11.6 Å². The summed E-state index contributed by atoms with van der Waals surface area (Å²) in [6, 6.07) is 0. The summed E-state index contributed by atoms with van der Waals surface area (Å²) in [5.41, 5.74) is 0.782. The molecule has 1 aromatic rings. The number of alkyl halides is 1. The van der Waals surface area contributed by atoms with Crippen LogP contribution in [0.2, 0.25) is 0 Å². The maximum absolute atomic E-state index is 11.5. The van der Waals surface area contributed by atoms with Gasteiger partial charge in [0.2, 0.25) is 11.8 Å². The quantitative estimate of drug-likeness (QED) is 0.750. The summed E-state index contributed by atoms with van der Waals surface area (Å²) in [5, 5.41) is 7.71. The molecule has 0 saturated carbocycles. The molecule has 2 N–H and O–H groups in total. The van der Waals surface area contributed by atoms with E-state index in [0.717, 1.165) is 10.7 Å². The number of hydrogen-bond donors (Lipinski definition) is 2. The van der Waals surface area contributed by atoms with Crippen LogP contribution in [0.15, 0.2) is 5.38 Å². The van der Waals surface area contributed by atoms with Gasteiger partial charge in [0.15, 0.2) is 0 Å². The molecular formula is C10H14ClN3O2S. The molecule has 7 heteroatoms. The summed E-state index contributed by atoms with van der Waals surface area (Å²) < 4.78 is 0. The third-order valence-electron chi connectivity index (χ3n) is 2.00. The van der Waals surface area contributed by atoms with E-state index in [1.165, 1.54) is 11.3 Å². The Morgan fingerprint density at radius 2 is 2.24 bits per heavy atom. The van der Waals surface area contributed by atoms with Gasteiger partial charge < -0.3 is 10.6 Å². The maximum Gasteiger partial charge on any atom is 0.226 e. The predicted molar refractivity (Wildman–Crippen MR) is 67.1 cm³/mol. The van der Waals surface area contributed by atoms with Gasteiger partial charge in [-0.25, -0.2) is 4.98 Å². The molecule has 5 nitrogen and oxygen atoms in total. The average molecular weight is 276 g/mol. The lowest BCUT2D eigenvalue weighted by Crippen LogP contribution is -2.30. The highest BCUT2D eigenvalue weighted by atomic mass is 35.5. The summed E-state index contributed by atoms with van der Waals surface area (Å²) in [6.07, 6.45) is 0.516. The van der Waals surface area contributed by atoms with E-state index < -0.39 is 0 Å². The minimum Gasteiger partial charge on any atom is -0.359 e. The number of hydrogen-bond acceptors (Lipinski definition) is 4. The van der Waals surface area contributed by atoms with Gasteiger partial charge in [-0.15, -0.1) is 22.9 Å². The summed E-state index contributed by atoms with van der Waals surface area (Å²) >= 11 is 7.02. The zero-order chi connectivity index (χ0) is 12.7. The second-order valence-electron chi connectivity index (χ2n) is 3.32. The van der Waals surface area contributed by atoms with Gasteiger partial charge in [-0.1, -0.05) is 0 Å². The molecule has 1 aromatic heterocycles. The Labute approximate surface area is 109 Å². The van der Waals surface area contributed by atoms with Crippen LogP contribution in [0.1, 0.15) is 17.1 Å². The number of rotatable bonds is 6. The molecule has 0 unspecified atom stereocenters. The molecule has 0 aliphatic rings. The van der Waals surface area contributed by atoms with Crippen LogP contribution in [0.3, 0.4) is 0 Å². The van der Waals surface area contributed by atoms with Crippen LogP contribution in [0.25, 0.3) is 0 Å². The van der Waals surface area contributed by atoms with Crippen LogP contribution in [0.5, 0.6) is 0 Å². The Bertz CT molecular complexity index is 395. The first-order chi connectivity index (χ1) is 8.15. The number of nitrogens with zero attached hydrogens (tertiary/aromatic N) is 1.